The minimum absolute atomic E-state index is 0.0350. The van der Waals surface area contributed by atoms with Crippen molar-refractivity contribution >= 4 is 0 Å². The quantitative estimate of drug-likeness (QED) is 0.419. The highest BCUT2D eigenvalue weighted by Crippen LogP contribution is 2.16. The van der Waals surface area contributed by atoms with Gasteiger partial charge < -0.3 is 0 Å². The lowest BCUT2D eigenvalue weighted by Crippen LogP contribution is -2.00. The Morgan fingerprint density at radius 3 is 3.00 bits per heavy atom. The Morgan fingerprint density at radius 1 is 1.73 bits per heavy atom. The molecule has 0 bridgehead atoms. The van der Waals surface area contributed by atoms with Gasteiger partial charge in [0.15, 0.2) is 0 Å². The van der Waals surface area contributed by atoms with Crippen molar-refractivity contribution in [3.63, 3.8) is 0 Å². The van der Waals surface area contributed by atoms with Crippen LogP contribution in [0.2, 0.25) is 0 Å². The topological polar surface area (TPSA) is 66.9 Å². The van der Waals surface area contributed by atoms with E-state index >= 15 is 0 Å². The van der Waals surface area contributed by atoms with Crippen LogP contribution in [0.25, 0.3) is 0 Å². The predicted molar refractivity (Wildman–Crippen MR) is 38.0 cm³/mol. The van der Waals surface area contributed by atoms with Crippen LogP contribution in [0.15, 0.2) is 23.4 Å². The van der Waals surface area contributed by atoms with Gasteiger partial charge in [0.05, 0.1) is 11.0 Å². The first-order valence-corrected chi connectivity index (χ1v) is 3.19. The summed E-state index contributed by atoms with van der Waals surface area (Å²) in [5.74, 6) is 0. The molecule has 0 saturated heterocycles. The molecule has 0 aromatic heterocycles. The third-order valence-electron chi connectivity index (χ3n) is 1.44. The summed E-state index contributed by atoms with van der Waals surface area (Å²) in [5.41, 5.74) is 0.520. The molecule has 4 nitrogen and oxygen atoms in total. The van der Waals surface area contributed by atoms with Crippen LogP contribution >= 0.6 is 0 Å². The number of nitro groups is 1. The third-order valence-corrected chi connectivity index (χ3v) is 1.44. The molecule has 4 heteroatoms. The summed E-state index contributed by atoms with van der Waals surface area (Å²) >= 11 is 0. The van der Waals surface area contributed by atoms with Gasteiger partial charge >= 0.3 is 0 Å². The smallest absolute Gasteiger partial charge is 0.258 e. The average molecular weight is 150 g/mol. The van der Waals surface area contributed by atoms with Gasteiger partial charge in [-0.05, 0) is 18.9 Å². The summed E-state index contributed by atoms with van der Waals surface area (Å²) in [6, 6.07) is 1.90. The van der Waals surface area contributed by atoms with Gasteiger partial charge in [0.25, 0.3) is 5.70 Å². The molecule has 0 N–H and O–H groups in total. The van der Waals surface area contributed by atoms with Crippen molar-refractivity contribution in [1.29, 1.82) is 5.26 Å². The van der Waals surface area contributed by atoms with E-state index in [2.05, 4.69) is 0 Å². The van der Waals surface area contributed by atoms with E-state index in [1.807, 2.05) is 6.07 Å². The Balaban J connectivity index is 2.87. The first-order valence-electron chi connectivity index (χ1n) is 3.19. The second-order valence-corrected chi connectivity index (χ2v) is 2.21. The van der Waals surface area contributed by atoms with Crippen LogP contribution in [0, 0.1) is 21.4 Å². The zero-order valence-electron chi connectivity index (χ0n) is 5.78. The molecule has 0 radical (unpaired) electrons. The van der Waals surface area contributed by atoms with E-state index in [1.54, 1.807) is 0 Å². The van der Waals surface area contributed by atoms with Crippen molar-refractivity contribution in [2.24, 2.45) is 0 Å². The maximum absolute atomic E-state index is 10.2. The zero-order chi connectivity index (χ0) is 8.27. The molecule has 56 valence electrons. The van der Waals surface area contributed by atoms with Crippen molar-refractivity contribution in [1.82, 2.24) is 0 Å². The van der Waals surface area contributed by atoms with Crippen LogP contribution in [0.1, 0.15) is 12.8 Å². The number of rotatable bonds is 1. The summed E-state index contributed by atoms with van der Waals surface area (Å²) in [5, 5.41) is 18.6. The lowest BCUT2D eigenvalue weighted by atomic mass is 10.0. The fourth-order valence-electron chi connectivity index (χ4n) is 0.901. The molecular formula is C7H6N2O2. The normalized spacial score (nSPS) is 16.3. The predicted octanol–water partition coefficient (Wildman–Crippen LogP) is 1.39. The summed E-state index contributed by atoms with van der Waals surface area (Å²) in [6.45, 7) is 0. The highest BCUT2D eigenvalue weighted by atomic mass is 16.6. The summed E-state index contributed by atoms with van der Waals surface area (Å²) < 4.78 is 0. The first-order chi connectivity index (χ1) is 5.24. The summed E-state index contributed by atoms with van der Waals surface area (Å²) in [4.78, 5) is 9.72. The largest absolute Gasteiger partial charge is 0.266 e. The summed E-state index contributed by atoms with van der Waals surface area (Å²) in [7, 11) is 0. The SMILES string of the molecule is N#CC1=CC([N+](=O)[O-])=CCC1. The number of hydrogen-bond donors (Lipinski definition) is 0. The molecule has 0 saturated carbocycles. The minimum atomic E-state index is -0.476. The first kappa shape index (κ1) is 7.48. The van der Waals surface area contributed by atoms with Crippen molar-refractivity contribution in [3.05, 3.63) is 33.5 Å². The Labute approximate surface area is 63.6 Å². The van der Waals surface area contributed by atoms with Gasteiger partial charge in [-0.25, -0.2) is 0 Å². The zero-order valence-corrected chi connectivity index (χ0v) is 5.78. The third kappa shape index (κ3) is 1.64. The molecule has 11 heavy (non-hydrogen) atoms. The van der Waals surface area contributed by atoms with Crippen LogP contribution in [-0.4, -0.2) is 4.92 Å². The maximum atomic E-state index is 10.2. The van der Waals surface area contributed by atoms with Gasteiger partial charge in [0.1, 0.15) is 0 Å². The number of nitriles is 1. The maximum Gasteiger partial charge on any atom is 0.266 e. The van der Waals surface area contributed by atoms with E-state index in [1.165, 1.54) is 12.2 Å². The standard InChI is InChI=1S/C7H6N2O2/c8-5-6-2-1-3-7(4-6)9(10)11/h3-4H,1-2H2. The molecule has 1 aliphatic rings. The van der Waals surface area contributed by atoms with Gasteiger partial charge in [0, 0.05) is 11.6 Å². The molecule has 0 atom stereocenters. The fraction of sp³-hybridized carbons (Fsp3) is 0.286. The van der Waals surface area contributed by atoms with E-state index in [9.17, 15) is 10.1 Å². The molecule has 0 amide bonds. The number of nitrogens with zero attached hydrogens (tertiary/aromatic N) is 2. The number of allylic oxidation sites excluding steroid dienone is 3. The Kier molecular flexibility index (Phi) is 2.02. The van der Waals surface area contributed by atoms with Gasteiger partial charge in [0.2, 0.25) is 0 Å². The van der Waals surface area contributed by atoms with Crippen LogP contribution in [0.3, 0.4) is 0 Å². The molecule has 0 unspecified atom stereocenters. The summed E-state index contributed by atoms with van der Waals surface area (Å²) in [6.07, 6.45) is 4.06. The lowest BCUT2D eigenvalue weighted by molar-refractivity contribution is -0.419. The Morgan fingerprint density at radius 2 is 2.45 bits per heavy atom. The molecule has 0 aliphatic heterocycles. The second kappa shape index (κ2) is 2.97. The highest BCUT2D eigenvalue weighted by Gasteiger charge is 2.12. The Hall–Kier alpha value is -1.63. The molecule has 1 aliphatic carbocycles. The van der Waals surface area contributed by atoms with E-state index in [-0.39, 0.29) is 5.70 Å². The fourth-order valence-corrected chi connectivity index (χ4v) is 0.901. The second-order valence-electron chi connectivity index (χ2n) is 2.21. The molecular weight excluding hydrogens is 144 g/mol. The lowest BCUT2D eigenvalue weighted by Gasteiger charge is -2.00. The van der Waals surface area contributed by atoms with Gasteiger partial charge in [-0.1, -0.05) is 0 Å². The van der Waals surface area contributed by atoms with Crippen LogP contribution in [0.4, 0.5) is 0 Å². The van der Waals surface area contributed by atoms with Crippen molar-refractivity contribution in [2.45, 2.75) is 12.8 Å². The molecule has 0 heterocycles. The van der Waals surface area contributed by atoms with Gasteiger partial charge in [-0.15, -0.1) is 0 Å². The molecule has 0 spiro atoms. The van der Waals surface area contributed by atoms with Gasteiger partial charge in [-0.3, -0.25) is 10.1 Å². The van der Waals surface area contributed by atoms with E-state index in [0.29, 0.717) is 18.4 Å². The van der Waals surface area contributed by atoms with Gasteiger partial charge in [-0.2, -0.15) is 5.26 Å². The van der Waals surface area contributed by atoms with E-state index in [4.69, 9.17) is 5.26 Å². The highest BCUT2D eigenvalue weighted by molar-refractivity contribution is 5.31. The van der Waals surface area contributed by atoms with E-state index in [0.717, 1.165) is 0 Å². The van der Waals surface area contributed by atoms with E-state index < -0.39 is 4.92 Å². The van der Waals surface area contributed by atoms with Crippen molar-refractivity contribution in [3.8, 4) is 6.07 Å². The molecule has 0 fully saturated rings. The average Bonchev–Trinajstić information content (AvgIpc) is 2.05. The van der Waals surface area contributed by atoms with Crippen LogP contribution < -0.4 is 0 Å². The van der Waals surface area contributed by atoms with Crippen LogP contribution in [-0.2, 0) is 0 Å². The van der Waals surface area contributed by atoms with Crippen molar-refractivity contribution < 1.29 is 4.92 Å². The number of hydrogen-bond acceptors (Lipinski definition) is 3. The van der Waals surface area contributed by atoms with Crippen LogP contribution in [0.5, 0.6) is 0 Å². The Bertz CT molecular complexity index is 283. The molecule has 1 rings (SSSR count). The molecule has 0 aromatic rings. The molecule has 0 aromatic carbocycles. The minimum Gasteiger partial charge on any atom is -0.258 e. The monoisotopic (exact) mass is 150 g/mol. The van der Waals surface area contributed by atoms with Crippen molar-refractivity contribution in [2.75, 3.05) is 0 Å².